The van der Waals surface area contributed by atoms with Crippen molar-refractivity contribution in [2.45, 2.75) is 37.5 Å². The molecule has 2 aliphatic carbocycles. The maximum absolute atomic E-state index is 9.89. The van der Waals surface area contributed by atoms with Crippen LogP contribution in [0.2, 0.25) is 0 Å². The van der Waals surface area contributed by atoms with E-state index in [1.165, 1.54) is 47.1 Å². The van der Waals surface area contributed by atoms with E-state index in [0.29, 0.717) is 17.5 Å². The molecule has 0 aliphatic heterocycles. The molecule has 0 atom stereocenters. The van der Waals surface area contributed by atoms with Gasteiger partial charge in [0, 0.05) is 22.1 Å². The highest BCUT2D eigenvalue weighted by Crippen LogP contribution is 2.58. The fourth-order valence-electron chi connectivity index (χ4n) is 8.33. The summed E-state index contributed by atoms with van der Waals surface area (Å²) in [5.41, 5.74) is 13.2. The molecule has 0 amide bonds. The summed E-state index contributed by atoms with van der Waals surface area (Å²) in [5.74, 6) is 1.91. The van der Waals surface area contributed by atoms with E-state index in [1.807, 2.05) is 36.4 Å². The summed E-state index contributed by atoms with van der Waals surface area (Å²) in [4.78, 5) is 15.5. The zero-order valence-electron chi connectivity index (χ0n) is 27.7. The second-order valence-electron chi connectivity index (χ2n) is 13.4. The molecule has 1 aromatic heterocycles. The van der Waals surface area contributed by atoms with E-state index >= 15 is 0 Å². The van der Waals surface area contributed by atoms with E-state index < -0.39 is 0 Å². The Morgan fingerprint density at radius 2 is 1.00 bits per heavy atom. The number of rotatable bonds is 5. The number of nitriles is 1. The topological polar surface area (TPSA) is 62.5 Å². The van der Waals surface area contributed by atoms with Gasteiger partial charge in [0.1, 0.15) is 0 Å². The van der Waals surface area contributed by atoms with Gasteiger partial charge in [-0.25, -0.2) is 15.0 Å². The Kier molecular flexibility index (Phi) is 7.40. The van der Waals surface area contributed by atoms with Gasteiger partial charge in [-0.05, 0) is 69.5 Å². The van der Waals surface area contributed by atoms with Gasteiger partial charge in [-0.15, -0.1) is 0 Å². The van der Waals surface area contributed by atoms with Crippen LogP contribution >= 0.6 is 0 Å². The minimum absolute atomic E-state index is 0.0668. The van der Waals surface area contributed by atoms with Crippen LogP contribution in [-0.4, -0.2) is 15.0 Å². The first-order valence-corrected chi connectivity index (χ1v) is 17.5. The Balaban J connectivity index is 1.27. The molecule has 2 aliphatic rings. The zero-order valence-corrected chi connectivity index (χ0v) is 27.7. The summed E-state index contributed by atoms with van der Waals surface area (Å²) in [5, 5.41) is 9.89. The number of aromatic nitrogens is 3. The van der Waals surface area contributed by atoms with Gasteiger partial charge in [0.2, 0.25) is 0 Å². The molecule has 1 fully saturated rings. The first-order valence-electron chi connectivity index (χ1n) is 17.5. The molecule has 4 nitrogen and oxygen atoms in total. The maximum atomic E-state index is 9.89. The van der Waals surface area contributed by atoms with E-state index in [-0.39, 0.29) is 5.41 Å². The van der Waals surface area contributed by atoms with Gasteiger partial charge in [-0.3, -0.25) is 0 Å². The summed E-state index contributed by atoms with van der Waals surface area (Å²) in [6, 6.07) is 52.9. The number of hydrogen-bond donors (Lipinski definition) is 0. The fourth-order valence-corrected chi connectivity index (χ4v) is 8.33. The normalized spacial score (nSPS) is 14.1. The first kappa shape index (κ1) is 29.9. The Hall–Kier alpha value is -6.18. The van der Waals surface area contributed by atoms with Gasteiger partial charge in [0.05, 0.1) is 11.6 Å². The SMILES string of the molecule is N#Cc1ccc2c(c1)C1(CCCCC1)c1cccc(-c3ccccc3-c3nc(-c4ccccc4)nc(-c4ccccc4-c4ccccc4)n3)c1-2. The minimum Gasteiger partial charge on any atom is -0.208 e. The Morgan fingerprint density at radius 1 is 0.440 bits per heavy atom. The molecule has 1 saturated carbocycles. The highest BCUT2D eigenvalue weighted by atomic mass is 15.0. The largest absolute Gasteiger partial charge is 0.208 e. The van der Waals surface area contributed by atoms with Crippen LogP contribution in [0.4, 0.5) is 0 Å². The van der Waals surface area contributed by atoms with E-state index in [4.69, 9.17) is 15.0 Å². The van der Waals surface area contributed by atoms with Gasteiger partial charge in [0.15, 0.2) is 17.5 Å². The van der Waals surface area contributed by atoms with Crippen LogP contribution < -0.4 is 0 Å². The standard InChI is InChI=1S/C46H34N4/c47-30-31-25-26-39-41(29-31)46(27-12-3-13-28-46)40-24-14-23-36(42(39)40)35-20-9-11-22-38(35)45-49-43(33-17-6-2-7-18-33)48-44(50-45)37-21-10-8-19-34(37)32-15-4-1-5-16-32/h1-2,4-11,14-26,29H,3,12-13,27-28H2. The predicted octanol–water partition coefficient (Wildman–Crippen LogP) is 11.3. The molecule has 50 heavy (non-hydrogen) atoms. The van der Waals surface area contributed by atoms with Crippen LogP contribution in [0.3, 0.4) is 0 Å². The third kappa shape index (κ3) is 4.94. The molecule has 6 aromatic carbocycles. The summed E-state index contributed by atoms with van der Waals surface area (Å²) < 4.78 is 0. The van der Waals surface area contributed by atoms with Crippen molar-refractivity contribution in [3.8, 4) is 73.6 Å². The van der Waals surface area contributed by atoms with Crippen molar-refractivity contribution in [3.63, 3.8) is 0 Å². The summed E-state index contributed by atoms with van der Waals surface area (Å²) in [7, 11) is 0. The van der Waals surface area contributed by atoms with Crippen LogP contribution in [0.1, 0.15) is 48.8 Å². The molecular formula is C46H34N4. The predicted molar refractivity (Wildman–Crippen MR) is 201 cm³/mol. The lowest BCUT2D eigenvalue weighted by Crippen LogP contribution is -2.28. The van der Waals surface area contributed by atoms with E-state index in [0.717, 1.165) is 51.8 Å². The third-order valence-electron chi connectivity index (χ3n) is 10.6. The average molecular weight is 643 g/mol. The van der Waals surface area contributed by atoms with Crippen LogP contribution in [0.15, 0.2) is 146 Å². The first-order chi connectivity index (χ1) is 24.7. The quantitative estimate of drug-likeness (QED) is 0.187. The van der Waals surface area contributed by atoms with Gasteiger partial charge in [0.25, 0.3) is 0 Å². The third-order valence-corrected chi connectivity index (χ3v) is 10.6. The van der Waals surface area contributed by atoms with Crippen LogP contribution in [0, 0.1) is 11.3 Å². The van der Waals surface area contributed by atoms with Crippen molar-refractivity contribution in [2.24, 2.45) is 0 Å². The van der Waals surface area contributed by atoms with E-state index in [9.17, 15) is 5.26 Å². The van der Waals surface area contributed by atoms with Crippen LogP contribution in [0.5, 0.6) is 0 Å². The molecule has 1 heterocycles. The zero-order chi connectivity index (χ0) is 33.5. The molecular weight excluding hydrogens is 609 g/mol. The highest BCUT2D eigenvalue weighted by molar-refractivity contribution is 5.97. The maximum Gasteiger partial charge on any atom is 0.164 e. The van der Waals surface area contributed by atoms with E-state index in [1.54, 1.807) is 0 Å². The Morgan fingerprint density at radius 3 is 1.68 bits per heavy atom. The van der Waals surface area contributed by atoms with Crippen molar-refractivity contribution in [1.29, 1.82) is 5.26 Å². The lowest BCUT2D eigenvalue weighted by Gasteiger charge is -2.36. The van der Waals surface area contributed by atoms with Crippen LogP contribution in [0.25, 0.3) is 67.5 Å². The number of fused-ring (bicyclic) bond motifs is 5. The van der Waals surface area contributed by atoms with E-state index in [2.05, 4.69) is 115 Å². The van der Waals surface area contributed by atoms with Gasteiger partial charge >= 0.3 is 0 Å². The van der Waals surface area contributed by atoms with Crippen molar-refractivity contribution in [1.82, 2.24) is 15.0 Å². The van der Waals surface area contributed by atoms with Crippen molar-refractivity contribution < 1.29 is 0 Å². The number of hydrogen-bond acceptors (Lipinski definition) is 4. The Labute approximate surface area is 292 Å². The molecule has 7 aromatic rings. The number of benzene rings is 6. The summed E-state index contributed by atoms with van der Waals surface area (Å²) in [6.07, 6.45) is 5.84. The van der Waals surface area contributed by atoms with Gasteiger partial charge in [-0.2, -0.15) is 5.26 Å². The molecule has 0 bridgehead atoms. The molecule has 0 radical (unpaired) electrons. The van der Waals surface area contributed by atoms with Crippen LogP contribution in [-0.2, 0) is 5.41 Å². The van der Waals surface area contributed by atoms with Gasteiger partial charge < -0.3 is 0 Å². The van der Waals surface area contributed by atoms with Crippen molar-refractivity contribution in [3.05, 3.63) is 162 Å². The van der Waals surface area contributed by atoms with Crippen molar-refractivity contribution in [2.75, 3.05) is 0 Å². The monoisotopic (exact) mass is 642 g/mol. The lowest BCUT2D eigenvalue weighted by molar-refractivity contribution is 0.353. The lowest BCUT2D eigenvalue weighted by atomic mass is 9.67. The molecule has 0 saturated heterocycles. The Bertz CT molecular complexity index is 2420. The summed E-state index contributed by atoms with van der Waals surface area (Å²) >= 11 is 0. The smallest absolute Gasteiger partial charge is 0.164 e. The molecule has 0 unspecified atom stereocenters. The molecule has 0 N–H and O–H groups in total. The minimum atomic E-state index is -0.0668. The van der Waals surface area contributed by atoms with Crippen molar-refractivity contribution >= 4 is 0 Å². The molecule has 1 spiro atoms. The second kappa shape index (κ2) is 12.4. The summed E-state index contributed by atoms with van der Waals surface area (Å²) in [6.45, 7) is 0. The molecule has 4 heteroatoms. The molecule has 238 valence electrons. The second-order valence-corrected chi connectivity index (χ2v) is 13.4. The fraction of sp³-hybridized carbons (Fsp3) is 0.130. The average Bonchev–Trinajstić information content (AvgIpc) is 3.46. The van der Waals surface area contributed by atoms with Gasteiger partial charge in [-0.1, -0.05) is 153 Å². The molecule has 9 rings (SSSR count). The number of nitrogens with zero attached hydrogens (tertiary/aromatic N) is 4. The highest BCUT2D eigenvalue weighted by Gasteiger charge is 2.44.